The van der Waals surface area contributed by atoms with E-state index in [9.17, 15) is 14.3 Å². The monoisotopic (exact) mass is 484 g/mol. The molecule has 0 amide bonds. The smallest absolute Gasteiger partial charge is 0.463 e. The predicted molar refractivity (Wildman–Crippen MR) is 124 cm³/mol. The summed E-state index contributed by atoms with van der Waals surface area (Å²) in [5.74, 6) is -0.394. The van der Waals surface area contributed by atoms with Crippen LogP contribution in [-0.2, 0) is 28.0 Å². The van der Waals surface area contributed by atoms with Gasteiger partial charge in [-0.2, -0.15) is 0 Å². The average Bonchev–Trinajstić information content (AvgIpc) is 2.71. The summed E-state index contributed by atoms with van der Waals surface area (Å²) >= 11 is 0. The fourth-order valence-electron chi connectivity index (χ4n) is 2.95. The van der Waals surface area contributed by atoms with E-state index in [1.54, 1.807) is 0 Å². The molecule has 0 aliphatic heterocycles. The molecular formula is C22H47NO8P+. The summed E-state index contributed by atoms with van der Waals surface area (Å²) in [6.07, 6.45) is 12.4. The molecule has 32 heavy (non-hydrogen) atoms. The van der Waals surface area contributed by atoms with E-state index in [1.165, 1.54) is 51.4 Å². The highest BCUT2D eigenvalue weighted by molar-refractivity contribution is 7.47. The molecule has 0 radical (unpaired) electrons. The quantitative estimate of drug-likeness (QED) is 0.0556. The SMILES string of the molecule is CCCCCCCCCCCCCC(=O)OCC(COP(=O)(O)OCC[N+](C)(C)C)OO. The van der Waals surface area contributed by atoms with Gasteiger partial charge in [-0.1, -0.05) is 71.1 Å². The molecule has 0 aromatic heterocycles. The molecule has 2 atom stereocenters. The number of likely N-dealkylation sites (N-methyl/N-ethyl adjacent to an activating group) is 1. The van der Waals surface area contributed by atoms with Gasteiger partial charge in [-0.3, -0.25) is 19.1 Å². The molecule has 0 bridgehead atoms. The van der Waals surface area contributed by atoms with Crippen LogP contribution < -0.4 is 0 Å². The van der Waals surface area contributed by atoms with Gasteiger partial charge < -0.3 is 14.1 Å². The van der Waals surface area contributed by atoms with E-state index >= 15 is 0 Å². The summed E-state index contributed by atoms with van der Waals surface area (Å²) in [5, 5.41) is 8.91. The number of ether oxygens (including phenoxy) is 1. The first-order chi connectivity index (χ1) is 15.1. The molecule has 0 aliphatic rings. The number of hydrogen-bond acceptors (Lipinski definition) is 7. The summed E-state index contributed by atoms with van der Waals surface area (Å²) in [5.41, 5.74) is 0. The van der Waals surface area contributed by atoms with Crippen molar-refractivity contribution in [2.45, 2.75) is 90.1 Å². The molecule has 0 spiro atoms. The Hall–Kier alpha value is -0.540. The molecule has 0 aromatic rings. The number of esters is 1. The molecule has 10 heteroatoms. The molecule has 0 fully saturated rings. The van der Waals surface area contributed by atoms with Crippen molar-refractivity contribution in [3.05, 3.63) is 0 Å². The molecule has 0 aromatic carbocycles. The highest BCUT2D eigenvalue weighted by atomic mass is 31.2. The third-order valence-electron chi connectivity index (χ3n) is 5.00. The van der Waals surface area contributed by atoms with Crippen LogP contribution in [0.15, 0.2) is 0 Å². The first kappa shape index (κ1) is 31.5. The topological polar surface area (TPSA) is 112 Å². The summed E-state index contributed by atoms with van der Waals surface area (Å²) in [7, 11) is 1.49. The standard InChI is InChI=1S/C22H46NO8P/c1-5-6-7-8-9-10-11-12-13-14-15-16-22(24)28-19-21(31-25)20-30-32(26,27)29-18-17-23(2,3)4/h21H,5-20H2,1-4H3,(H-,25,26,27)/p+1. The van der Waals surface area contributed by atoms with Gasteiger partial charge >= 0.3 is 13.8 Å². The van der Waals surface area contributed by atoms with Crippen molar-refractivity contribution >= 4 is 13.8 Å². The van der Waals surface area contributed by atoms with E-state index in [2.05, 4.69) is 11.8 Å². The number of nitrogens with zero attached hydrogens (tertiary/aromatic N) is 1. The van der Waals surface area contributed by atoms with Crippen LogP contribution in [0.5, 0.6) is 0 Å². The number of hydrogen-bond donors (Lipinski definition) is 2. The Morgan fingerprint density at radius 1 is 0.875 bits per heavy atom. The largest absolute Gasteiger partial charge is 0.472 e. The third kappa shape index (κ3) is 21.3. The Balaban J connectivity index is 3.77. The highest BCUT2D eigenvalue weighted by Gasteiger charge is 2.25. The summed E-state index contributed by atoms with van der Waals surface area (Å²) in [6.45, 7) is 2.07. The minimum atomic E-state index is -4.28. The molecular weight excluding hydrogens is 437 g/mol. The van der Waals surface area contributed by atoms with Gasteiger partial charge in [0, 0.05) is 6.42 Å². The Morgan fingerprint density at radius 2 is 1.41 bits per heavy atom. The fourth-order valence-corrected chi connectivity index (χ4v) is 3.69. The maximum atomic E-state index is 11.8. The second kappa shape index (κ2) is 18.8. The van der Waals surface area contributed by atoms with Gasteiger partial charge in [0.25, 0.3) is 0 Å². The summed E-state index contributed by atoms with van der Waals surface area (Å²) < 4.78 is 27.2. The molecule has 2 unspecified atom stereocenters. The van der Waals surface area contributed by atoms with E-state index in [1.807, 2.05) is 21.1 Å². The number of phosphoric ester groups is 1. The Labute approximate surface area is 194 Å². The second-order valence-corrected chi connectivity index (χ2v) is 10.8. The minimum Gasteiger partial charge on any atom is -0.463 e. The van der Waals surface area contributed by atoms with Gasteiger partial charge in [-0.25, -0.2) is 9.45 Å². The lowest BCUT2D eigenvalue weighted by atomic mass is 10.1. The van der Waals surface area contributed by atoms with Crippen molar-refractivity contribution in [1.29, 1.82) is 0 Å². The number of carbonyl (C=O) groups is 1. The number of quaternary nitrogens is 1. The minimum absolute atomic E-state index is 0.0376. The van der Waals surface area contributed by atoms with Crippen molar-refractivity contribution in [2.24, 2.45) is 0 Å². The van der Waals surface area contributed by atoms with Crippen LogP contribution in [0.1, 0.15) is 84.0 Å². The summed E-state index contributed by atoms with van der Waals surface area (Å²) in [6, 6.07) is 0. The summed E-state index contributed by atoms with van der Waals surface area (Å²) in [4.78, 5) is 25.7. The lowest BCUT2D eigenvalue weighted by Crippen LogP contribution is -2.37. The first-order valence-corrected chi connectivity index (χ1v) is 13.5. The third-order valence-corrected chi connectivity index (χ3v) is 5.99. The molecule has 0 saturated heterocycles. The van der Waals surface area contributed by atoms with Gasteiger partial charge in [0.2, 0.25) is 0 Å². The zero-order valence-corrected chi connectivity index (χ0v) is 21.5. The van der Waals surface area contributed by atoms with Crippen LogP contribution in [0, 0.1) is 0 Å². The van der Waals surface area contributed by atoms with Gasteiger partial charge in [0.1, 0.15) is 19.8 Å². The molecule has 9 nitrogen and oxygen atoms in total. The normalized spacial score (nSPS) is 14.8. The molecule has 0 heterocycles. The number of phosphoric acid groups is 1. The maximum absolute atomic E-state index is 11.8. The van der Waals surface area contributed by atoms with Crippen LogP contribution in [-0.4, -0.2) is 74.2 Å². The van der Waals surface area contributed by atoms with E-state index in [0.717, 1.165) is 19.3 Å². The molecule has 0 rings (SSSR count). The van der Waals surface area contributed by atoms with Crippen LogP contribution in [0.4, 0.5) is 0 Å². The van der Waals surface area contributed by atoms with Crippen LogP contribution in [0.25, 0.3) is 0 Å². The van der Waals surface area contributed by atoms with Gasteiger partial charge in [-0.15, -0.1) is 0 Å². The predicted octanol–water partition coefficient (Wildman–Crippen LogP) is 4.93. The number of rotatable bonds is 22. The Bertz CT molecular complexity index is 513. The zero-order chi connectivity index (χ0) is 24.3. The number of unbranched alkanes of at least 4 members (excludes halogenated alkanes) is 10. The van der Waals surface area contributed by atoms with Crippen molar-refractivity contribution in [1.82, 2.24) is 0 Å². The molecule has 192 valence electrons. The molecule has 2 N–H and O–H groups in total. The lowest BCUT2D eigenvalue weighted by Gasteiger charge is -2.24. The lowest BCUT2D eigenvalue weighted by molar-refractivity contribution is -0.870. The van der Waals surface area contributed by atoms with E-state index in [4.69, 9.17) is 19.0 Å². The van der Waals surface area contributed by atoms with Crippen LogP contribution >= 0.6 is 7.82 Å². The van der Waals surface area contributed by atoms with Crippen LogP contribution in [0.3, 0.4) is 0 Å². The van der Waals surface area contributed by atoms with Gasteiger partial charge in [0.15, 0.2) is 6.10 Å². The van der Waals surface area contributed by atoms with Gasteiger partial charge in [0.05, 0.1) is 27.7 Å². The van der Waals surface area contributed by atoms with Crippen molar-refractivity contribution in [3.63, 3.8) is 0 Å². The Kier molecular flexibility index (Phi) is 18.5. The van der Waals surface area contributed by atoms with Crippen LogP contribution in [0.2, 0.25) is 0 Å². The average molecular weight is 485 g/mol. The molecule has 0 saturated carbocycles. The first-order valence-electron chi connectivity index (χ1n) is 12.0. The molecule has 0 aliphatic carbocycles. The van der Waals surface area contributed by atoms with E-state index < -0.39 is 26.5 Å². The fraction of sp³-hybridized carbons (Fsp3) is 0.955. The van der Waals surface area contributed by atoms with Crippen molar-refractivity contribution in [2.75, 3.05) is 47.5 Å². The maximum Gasteiger partial charge on any atom is 0.472 e. The van der Waals surface area contributed by atoms with Gasteiger partial charge in [-0.05, 0) is 6.42 Å². The second-order valence-electron chi connectivity index (χ2n) is 9.31. The van der Waals surface area contributed by atoms with Crippen molar-refractivity contribution < 1.29 is 42.7 Å². The number of carbonyl (C=O) groups excluding carboxylic acids is 1. The Morgan fingerprint density at radius 3 is 1.91 bits per heavy atom. The highest BCUT2D eigenvalue weighted by Crippen LogP contribution is 2.43. The van der Waals surface area contributed by atoms with E-state index in [0.29, 0.717) is 17.4 Å². The van der Waals surface area contributed by atoms with Crippen molar-refractivity contribution in [3.8, 4) is 0 Å². The zero-order valence-electron chi connectivity index (χ0n) is 20.6. The van der Waals surface area contributed by atoms with E-state index in [-0.39, 0.29) is 13.2 Å².